The third kappa shape index (κ3) is 2.50. The third-order valence-corrected chi connectivity index (χ3v) is 3.34. The van der Waals surface area contributed by atoms with E-state index in [9.17, 15) is 0 Å². The van der Waals surface area contributed by atoms with Crippen LogP contribution >= 0.6 is 0 Å². The van der Waals surface area contributed by atoms with Gasteiger partial charge in [-0.05, 0) is 30.3 Å². The predicted molar refractivity (Wildman–Crippen MR) is 80.7 cm³/mol. The van der Waals surface area contributed by atoms with Gasteiger partial charge in [0, 0.05) is 37.6 Å². The van der Waals surface area contributed by atoms with E-state index in [0.29, 0.717) is 13.3 Å². The lowest BCUT2D eigenvalue weighted by Gasteiger charge is -2.13. The van der Waals surface area contributed by atoms with Gasteiger partial charge in [0.05, 0.1) is 0 Å². The van der Waals surface area contributed by atoms with Gasteiger partial charge in [-0.1, -0.05) is 12.1 Å². The van der Waals surface area contributed by atoms with Crippen LogP contribution in [0.3, 0.4) is 0 Å². The summed E-state index contributed by atoms with van der Waals surface area (Å²) in [4.78, 5) is 2.08. The first-order valence-corrected chi connectivity index (χ1v) is 6.63. The van der Waals surface area contributed by atoms with E-state index in [2.05, 4.69) is 40.5 Å². The van der Waals surface area contributed by atoms with Crippen molar-refractivity contribution in [3.8, 4) is 11.5 Å². The number of rotatable bonds is 4. The molecule has 1 aliphatic rings. The Hall–Kier alpha value is -2.36. The maximum absolute atomic E-state index is 5.50. The predicted octanol–water partition coefficient (Wildman–Crippen LogP) is 3.09. The Morgan fingerprint density at radius 2 is 1.85 bits per heavy atom. The van der Waals surface area contributed by atoms with Crippen LogP contribution in [-0.4, -0.2) is 20.9 Å². The van der Waals surface area contributed by atoms with Crippen LogP contribution in [-0.2, 0) is 6.54 Å². The van der Waals surface area contributed by atoms with Gasteiger partial charge in [0.2, 0.25) is 6.79 Å². The molecule has 1 heterocycles. The molecule has 0 aliphatic carbocycles. The van der Waals surface area contributed by atoms with E-state index in [1.54, 1.807) is 0 Å². The number of nitrogens with one attached hydrogen (secondary N) is 1. The lowest BCUT2D eigenvalue weighted by Crippen LogP contribution is -2.08. The molecule has 0 fully saturated rings. The summed E-state index contributed by atoms with van der Waals surface area (Å²) in [6, 6.07) is 14.3. The van der Waals surface area contributed by atoms with E-state index in [-0.39, 0.29) is 0 Å². The number of anilines is 2. The van der Waals surface area contributed by atoms with Gasteiger partial charge in [0.1, 0.15) is 0 Å². The number of para-hydroxylation sites is 1. The van der Waals surface area contributed by atoms with Gasteiger partial charge in [-0.15, -0.1) is 0 Å². The van der Waals surface area contributed by atoms with Crippen LogP contribution in [0.1, 0.15) is 5.56 Å². The highest BCUT2D eigenvalue weighted by Gasteiger charge is 2.16. The molecule has 0 saturated carbocycles. The van der Waals surface area contributed by atoms with Gasteiger partial charge in [-0.2, -0.15) is 0 Å². The lowest BCUT2D eigenvalue weighted by molar-refractivity contribution is 0.173. The van der Waals surface area contributed by atoms with Crippen LogP contribution in [0.15, 0.2) is 42.5 Å². The van der Waals surface area contributed by atoms with Crippen molar-refractivity contribution < 1.29 is 9.47 Å². The van der Waals surface area contributed by atoms with Crippen molar-refractivity contribution in [1.82, 2.24) is 0 Å². The zero-order valence-corrected chi connectivity index (χ0v) is 11.7. The molecule has 20 heavy (non-hydrogen) atoms. The molecule has 0 amide bonds. The Morgan fingerprint density at radius 3 is 2.60 bits per heavy atom. The minimum atomic E-state index is 0.309. The van der Waals surface area contributed by atoms with Crippen LogP contribution in [0.25, 0.3) is 0 Å². The molecule has 0 atom stereocenters. The summed E-state index contributed by atoms with van der Waals surface area (Å²) in [5.74, 6) is 1.68. The standard InChI is InChI=1S/C16H18N2O2/c1-18(2)14-8-6-13(7-9-14)17-10-12-4-3-5-15-16(12)20-11-19-15/h3-9,17H,10-11H2,1-2H3. The van der Waals surface area contributed by atoms with Crippen molar-refractivity contribution in [2.75, 3.05) is 31.1 Å². The van der Waals surface area contributed by atoms with Crippen molar-refractivity contribution >= 4 is 11.4 Å². The molecule has 2 aromatic carbocycles. The Kier molecular flexibility index (Phi) is 3.37. The average molecular weight is 270 g/mol. The van der Waals surface area contributed by atoms with E-state index in [1.807, 2.05) is 26.2 Å². The van der Waals surface area contributed by atoms with E-state index >= 15 is 0 Å². The minimum absolute atomic E-state index is 0.309. The molecule has 1 N–H and O–H groups in total. The molecular weight excluding hydrogens is 252 g/mol. The topological polar surface area (TPSA) is 33.7 Å². The van der Waals surface area contributed by atoms with E-state index in [4.69, 9.17) is 9.47 Å². The third-order valence-electron chi connectivity index (χ3n) is 3.34. The van der Waals surface area contributed by atoms with Crippen LogP contribution in [0.2, 0.25) is 0 Å². The number of fused-ring (bicyclic) bond motifs is 1. The molecule has 104 valence electrons. The summed E-state index contributed by atoms with van der Waals surface area (Å²) < 4.78 is 10.9. The first kappa shape index (κ1) is 12.7. The molecule has 0 unspecified atom stereocenters. The zero-order chi connectivity index (χ0) is 13.9. The molecule has 4 heteroatoms. The smallest absolute Gasteiger partial charge is 0.231 e. The van der Waals surface area contributed by atoms with Gasteiger partial charge in [0.25, 0.3) is 0 Å². The SMILES string of the molecule is CN(C)c1ccc(NCc2cccc3c2OCO3)cc1. The van der Waals surface area contributed by atoms with Crippen LogP contribution in [0.5, 0.6) is 11.5 Å². The summed E-state index contributed by atoms with van der Waals surface area (Å²) in [5, 5.41) is 3.40. The molecule has 0 radical (unpaired) electrons. The summed E-state index contributed by atoms with van der Waals surface area (Å²) in [6.07, 6.45) is 0. The number of nitrogens with zero attached hydrogens (tertiary/aromatic N) is 1. The molecule has 2 aromatic rings. The molecule has 0 spiro atoms. The van der Waals surface area contributed by atoms with Crippen molar-refractivity contribution in [1.29, 1.82) is 0 Å². The fourth-order valence-corrected chi connectivity index (χ4v) is 2.20. The molecule has 0 saturated heterocycles. The maximum Gasteiger partial charge on any atom is 0.231 e. The fourth-order valence-electron chi connectivity index (χ4n) is 2.20. The van der Waals surface area contributed by atoms with Crippen LogP contribution < -0.4 is 19.7 Å². The monoisotopic (exact) mass is 270 g/mol. The summed E-state index contributed by atoms with van der Waals surface area (Å²) in [5.41, 5.74) is 3.39. The maximum atomic E-state index is 5.50. The van der Waals surface area contributed by atoms with Crippen LogP contribution in [0.4, 0.5) is 11.4 Å². The van der Waals surface area contributed by atoms with Gasteiger partial charge in [-0.25, -0.2) is 0 Å². The largest absolute Gasteiger partial charge is 0.454 e. The number of ether oxygens (including phenoxy) is 2. The minimum Gasteiger partial charge on any atom is -0.454 e. The van der Waals surface area contributed by atoms with Crippen molar-refractivity contribution in [2.45, 2.75) is 6.54 Å². The molecule has 3 rings (SSSR count). The Labute approximate surface area is 118 Å². The first-order chi connectivity index (χ1) is 9.74. The Morgan fingerprint density at radius 1 is 1.05 bits per heavy atom. The van der Waals surface area contributed by atoms with Crippen LogP contribution in [0, 0.1) is 0 Å². The van der Waals surface area contributed by atoms with Crippen molar-refractivity contribution in [3.63, 3.8) is 0 Å². The molecule has 0 aromatic heterocycles. The van der Waals surface area contributed by atoms with Gasteiger partial charge >= 0.3 is 0 Å². The first-order valence-electron chi connectivity index (χ1n) is 6.63. The van der Waals surface area contributed by atoms with E-state index in [0.717, 1.165) is 22.7 Å². The highest BCUT2D eigenvalue weighted by molar-refractivity contribution is 5.55. The molecule has 0 bridgehead atoms. The highest BCUT2D eigenvalue weighted by Crippen LogP contribution is 2.35. The second-order valence-corrected chi connectivity index (χ2v) is 4.95. The number of hydrogen-bond donors (Lipinski definition) is 1. The molecule has 4 nitrogen and oxygen atoms in total. The Bertz CT molecular complexity index is 594. The zero-order valence-electron chi connectivity index (χ0n) is 11.7. The highest BCUT2D eigenvalue weighted by atomic mass is 16.7. The fraction of sp³-hybridized carbons (Fsp3) is 0.250. The number of hydrogen-bond acceptors (Lipinski definition) is 4. The van der Waals surface area contributed by atoms with Crippen molar-refractivity contribution in [3.05, 3.63) is 48.0 Å². The quantitative estimate of drug-likeness (QED) is 0.925. The second-order valence-electron chi connectivity index (χ2n) is 4.95. The van der Waals surface area contributed by atoms with Crippen molar-refractivity contribution in [2.24, 2.45) is 0 Å². The van der Waals surface area contributed by atoms with Gasteiger partial charge in [0.15, 0.2) is 11.5 Å². The molecule has 1 aliphatic heterocycles. The average Bonchev–Trinajstić information content (AvgIpc) is 2.94. The summed E-state index contributed by atoms with van der Waals surface area (Å²) in [6.45, 7) is 1.03. The summed E-state index contributed by atoms with van der Waals surface area (Å²) >= 11 is 0. The van der Waals surface area contributed by atoms with E-state index in [1.165, 1.54) is 5.69 Å². The Balaban J connectivity index is 1.69. The van der Waals surface area contributed by atoms with Gasteiger partial charge in [-0.3, -0.25) is 0 Å². The molecular formula is C16H18N2O2. The number of benzene rings is 2. The summed E-state index contributed by atoms with van der Waals surface area (Å²) in [7, 11) is 4.07. The lowest BCUT2D eigenvalue weighted by atomic mass is 10.2. The normalized spacial score (nSPS) is 12.3. The van der Waals surface area contributed by atoms with E-state index < -0.39 is 0 Å². The van der Waals surface area contributed by atoms with Gasteiger partial charge < -0.3 is 19.7 Å². The second kappa shape index (κ2) is 5.33.